The van der Waals surface area contributed by atoms with E-state index in [-0.39, 0.29) is 18.3 Å². The standard InChI is InChI=1S/C11H16N2O2S.ClH/c1-7-3-9(15-2)10(16-7)11(14)13-6-8-4-12-5-8;/h3,8,12H,4-6H2,1-2H3,(H,13,14);1H. The Kier molecular flexibility index (Phi) is 5.24. The molecule has 0 radical (unpaired) electrons. The summed E-state index contributed by atoms with van der Waals surface area (Å²) in [4.78, 5) is 13.6. The fourth-order valence-corrected chi connectivity index (χ4v) is 2.51. The molecule has 1 aromatic rings. The van der Waals surface area contributed by atoms with E-state index in [9.17, 15) is 4.79 Å². The van der Waals surface area contributed by atoms with Gasteiger partial charge in [-0.05, 0) is 13.0 Å². The highest BCUT2D eigenvalue weighted by Crippen LogP contribution is 2.28. The molecular weight excluding hydrogens is 260 g/mol. The molecule has 0 bridgehead atoms. The molecule has 6 heteroatoms. The van der Waals surface area contributed by atoms with Gasteiger partial charge in [0.1, 0.15) is 10.6 Å². The van der Waals surface area contributed by atoms with Gasteiger partial charge in [0.05, 0.1) is 7.11 Å². The molecule has 2 rings (SSSR count). The third-order valence-corrected chi connectivity index (χ3v) is 3.70. The van der Waals surface area contributed by atoms with Gasteiger partial charge < -0.3 is 15.4 Å². The zero-order valence-electron chi connectivity index (χ0n) is 9.91. The highest BCUT2D eigenvalue weighted by molar-refractivity contribution is 7.14. The second kappa shape index (κ2) is 6.23. The molecule has 17 heavy (non-hydrogen) atoms. The topological polar surface area (TPSA) is 50.4 Å². The molecular formula is C11H17ClN2O2S. The van der Waals surface area contributed by atoms with Gasteiger partial charge in [-0.1, -0.05) is 0 Å². The van der Waals surface area contributed by atoms with Gasteiger partial charge >= 0.3 is 0 Å². The van der Waals surface area contributed by atoms with Crippen LogP contribution in [0.3, 0.4) is 0 Å². The van der Waals surface area contributed by atoms with Crippen LogP contribution in [0.15, 0.2) is 6.07 Å². The maximum atomic E-state index is 11.9. The Hall–Kier alpha value is -0.780. The monoisotopic (exact) mass is 276 g/mol. The van der Waals surface area contributed by atoms with Crippen molar-refractivity contribution in [1.29, 1.82) is 0 Å². The zero-order chi connectivity index (χ0) is 11.5. The lowest BCUT2D eigenvalue weighted by Gasteiger charge is -2.26. The number of halogens is 1. The minimum absolute atomic E-state index is 0. The smallest absolute Gasteiger partial charge is 0.265 e. The molecule has 1 aliphatic heterocycles. The first kappa shape index (κ1) is 14.3. The lowest BCUT2D eigenvalue weighted by Crippen LogP contribution is -2.48. The Bertz CT molecular complexity index is 391. The number of carbonyl (C=O) groups is 1. The normalized spacial score (nSPS) is 14.7. The number of thiophene rings is 1. The van der Waals surface area contributed by atoms with E-state index in [0.717, 1.165) is 24.5 Å². The summed E-state index contributed by atoms with van der Waals surface area (Å²) in [6.07, 6.45) is 0. The van der Waals surface area contributed by atoms with Crippen LogP contribution in [-0.4, -0.2) is 32.7 Å². The van der Waals surface area contributed by atoms with E-state index in [4.69, 9.17) is 4.74 Å². The number of hydrogen-bond donors (Lipinski definition) is 2. The molecule has 0 aromatic carbocycles. The summed E-state index contributed by atoms with van der Waals surface area (Å²) < 4.78 is 5.17. The number of carbonyl (C=O) groups excluding carboxylic acids is 1. The highest BCUT2D eigenvalue weighted by atomic mass is 35.5. The minimum Gasteiger partial charge on any atom is -0.495 e. The van der Waals surface area contributed by atoms with E-state index in [2.05, 4.69) is 10.6 Å². The average molecular weight is 277 g/mol. The van der Waals surface area contributed by atoms with Crippen molar-refractivity contribution < 1.29 is 9.53 Å². The van der Waals surface area contributed by atoms with Crippen LogP contribution < -0.4 is 15.4 Å². The quantitative estimate of drug-likeness (QED) is 0.875. The van der Waals surface area contributed by atoms with Gasteiger partial charge in [0.15, 0.2) is 0 Å². The SMILES string of the molecule is COc1cc(C)sc1C(=O)NCC1CNC1.Cl. The third-order valence-electron chi connectivity index (χ3n) is 2.66. The predicted octanol–water partition coefficient (Wildman–Crippen LogP) is 1.44. The van der Waals surface area contributed by atoms with E-state index in [1.54, 1.807) is 7.11 Å². The largest absolute Gasteiger partial charge is 0.495 e. The maximum Gasteiger partial charge on any atom is 0.265 e. The Balaban J connectivity index is 0.00000144. The molecule has 1 fully saturated rings. The third kappa shape index (κ3) is 3.34. The molecule has 96 valence electrons. The molecule has 0 atom stereocenters. The molecule has 0 spiro atoms. The predicted molar refractivity (Wildman–Crippen MR) is 71.5 cm³/mol. The van der Waals surface area contributed by atoms with Crippen molar-refractivity contribution in [2.24, 2.45) is 5.92 Å². The first-order valence-corrected chi connectivity index (χ1v) is 6.15. The van der Waals surface area contributed by atoms with Gasteiger partial charge in [-0.25, -0.2) is 0 Å². The van der Waals surface area contributed by atoms with Crippen LogP contribution in [-0.2, 0) is 0 Å². The van der Waals surface area contributed by atoms with Gasteiger partial charge in [0.2, 0.25) is 0 Å². The Morgan fingerprint density at radius 2 is 2.35 bits per heavy atom. The summed E-state index contributed by atoms with van der Waals surface area (Å²) in [7, 11) is 1.59. The van der Waals surface area contributed by atoms with Crippen LogP contribution in [0.5, 0.6) is 5.75 Å². The van der Waals surface area contributed by atoms with Crippen molar-refractivity contribution >= 4 is 29.7 Å². The summed E-state index contributed by atoms with van der Waals surface area (Å²) in [5.41, 5.74) is 0. The lowest BCUT2D eigenvalue weighted by atomic mass is 10.0. The van der Waals surface area contributed by atoms with E-state index >= 15 is 0 Å². The van der Waals surface area contributed by atoms with Crippen LogP contribution in [0.25, 0.3) is 0 Å². The van der Waals surface area contributed by atoms with Crippen LogP contribution >= 0.6 is 23.7 Å². The van der Waals surface area contributed by atoms with Crippen molar-refractivity contribution in [2.75, 3.05) is 26.7 Å². The summed E-state index contributed by atoms with van der Waals surface area (Å²) in [6, 6.07) is 1.89. The van der Waals surface area contributed by atoms with Crippen molar-refractivity contribution in [3.05, 3.63) is 15.8 Å². The number of aryl methyl sites for hydroxylation is 1. The van der Waals surface area contributed by atoms with E-state index in [1.165, 1.54) is 11.3 Å². The number of rotatable bonds is 4. The van der Waals surface area contributed by atoms with Crippen LogP contribution in [0.1, 0.15) is 14.5 Å². The molecule has 2 heterocycles. The van der Waals surface area contributed by atoms with Crippen molar-refractivity contribution in [1.82, 2.24) is 10.6 Å². The van der Waals surface area contributed by atoms with Crippen LogP contribution in [0.2, 0.25) is 0 Å². The number of methoxy groups -OCH3 is 1. The van der Waals surface area contributed by atoms with Gasteiger partial charge in [-0.15, -0.1) is 23.7 Å². The highest BCUT2D eigenvalue weighted by Gasteiger charge is 2.20. The van der Waals surface area contributed by atoms with Crippen LogP contribution in [0, 0.1) is 12.8 Å². The van der Waals surface area contributed by atoms with Crippen molar-refractivity contribution in [3.8, 4) is 5.75 Å². The first-order chi connectivity index (χ1) is 7.70. The number of nitrogens with one attached hydrogen (secondary N) is 2. The molecule has 1 amide bonds. The van der Waals surface area contributed by atoms with Crippen molar-refractivity contribution in [2.45, 2.75) is 6.92 Å². The summed E-state index contributed by atoms with van der Waals surface area (Å²) in [5.74, 6) is 1.23. The second-order valence-corrected chi connectivity index (χ2v) is 5.25. The zero-order valence-corrected chi connectivity index (χ0v) is 11.5. The van der Waals surface area contributed by atoms with Gasteiger partial charge in [-0.3, -0.25) is 4.79 Å². The minimum atomic E-state index is -0.0261. The molecule has 0 saturated carbocycles. The molecule has 1 saturated heterocycles. The maximum absolute atomic E-state index is 11.9. The van der Waals surface area contributed by atoms with Gasteiger partial charge in [0, 0.05) is 30.4 Å². The molecule has 0 unspecified atom stereocenters. The molecule has 1 aromatic heterocycles. The fraction of sp³-hybridized carbons (Fsp3) is 0.545. The molecule has 4 nitrogen and oxygen atoms in total. The van der Waals surface area contributed by atoms with E-state index in [0.29, 0.717) is 16.5 Å². The Labute approximate surface area is 111 Å². The van der Waals surface area contributed by atoms with Crippen molar-refractivity contribution in [3.63, 3.8) is 0 Å². The van der Waals surface area contributed by atoms with E-state index < -0.39 is 0 Å². The Morgan fingerprint density at radius 1 is 1.65 bits per heavy atom. The lowest BCUT2D eigenvalue weighted by molar-refractivity contribution is 0.0943. The Morgan fingerprint density at radius 3 is 2.88 bits per heavy atom. The number of amides is 1. The second-order valence-electron chi connectivity index (χ2n) is 3.99. The fourth-order valence-electron chi connectivity index (χ4n) is 1.61. The van der Waals surface area contributed by atoms with E-state index in [1.807, 2.05) is 13.0 Å². The first-order valence-electron chi connectivity index (χ1n) is 5.34. The molecule has 2 N–H and O–H groups in total. The average Bonchev–Trinajstić information content (AvgIpc) is 2.57. The van der Waals surface area contributed by atoms with Gasteiger partial charge in [-0.2, -0.15) is 0 Å². The van der Waals surface area contributed by atoms with Crippen LogP contribution in [0.4, 0.5) is 0 Å². The number of ether oxygens (including phenoxy) is 1. The number of hydrogen-bond acceptors (Lipinski definition) is 4. The summed E-state index contributed by atoms with van der Waals surface area (Å²) >= 11 is 1.47. The molecule has 1 aliphatic rings. The molecule has 0 aliphatic carbocycles. The summed E-state index contributed by atoms with van der Waals surface area (Å²) in [5, 5.41) is 6.12. The summed E-state index contributed by atoms with van der Waals surface area (Å²) in [6.45, 7) is 4.72. The van der Waals surface area contributed by atoms with Gasteiger partial charge in [0.25, 0.3) is 5.91 Å².